The van der Waals surface area contributed by atoms with Crippen molar-refractivity contribution in [2.75, 3.05) is 20.2 Å². The molecule has 190 valence electrons. The minimum Gasteiger partial charge on any atom is -0.460 e. The van der Waals surface area contributed by atoms with E-state index in [0.717, 1.165) is 42.6 Å². The molecule has 2 aromatic rings. The summed E-state index contributed by atoms with van der Waals surface area (Å²) in [5.74, 6) is 0.370. The number of benzene rings is 2. The van der Waals surface area contributed by atoms with E-state index < -0.39 is 5.60 Å². The molecule has 35 heavy (non-hydrogen) atoms. The first-order valence-electron chi connectivity index (χ1n) is 12.7. The lowest BCUT2D eigenvalue weighted by atomic mass is 9.78. The number of hydrogen-bond acceptors (Lipinski definition) is 6. The second kappa shape index (κ2) is 10.8. The summed E-state index contributed by atoms with van der Waals surface area (Å²) >= 11 is 0. The van der Waals surface area contributed by atoms with Gasteiger partial charge < -0.3 is 19.7 Å². The topological polar surface area (TPSA) is 79.2 Å². The van der Waals surface area contributed by atoms with Gasteiger partial charge in [0.1, 0.15) is 6.10 Å². The second-order valence-corrected chi connectivity index (χ2v) is 10.6. The number of nitrogens with zero attached hydrogens (tertiary/aromatic N) is 1. The van der Waals surface area contributed by atoms with Crippen molar-refractivity contribution in [1.29, 1.82) is 0 Å². The standard InChI is InChI=1S/C29H39NO5/c1-19(2)12-21-16-30-11-10-20-13-22(17-31)23(18-32)14-25(20)26(30)15-27(21)35-28(33)29(3,34-4)24-8-6-5-7-9-24/h5-9,13-14,19,21,26-27,31-32H,10-12,15-18H2,1-4H3/t21-,26+,27-,29?/m0/s1. The molecule has 2 heterocycles. The molecule has 0 spiro atoms. The molecular weight excluding hydrogens is 442 g/mol. The summed E-state index contributed by atoms with van der Waals surface area (Å²) in [6.07, 6.45) is 2.37. The van der Waals surface area contributed by atoms with Gasteiger partial charge in [-0.3, -0.25) is 4.90 Å². The molecule has 4 rings (SSSR count). The monoisotopic (exact) mass is 481 g/mol. The summed E-state index contributed by atoms with van der Waals surface area (Å²) in [5, 5.41) is 19.6. The number of hydrogen-bond donors (Lipinski definition) is 2. The van der Waals surface area contributed by atoms with Gasteiger partial charge in [0, 0.05) is 38.6 Å². The van der Waals surface area contributed by atoms with E-state index in [9.17, 15) is 15.0 Å². The van der Waals surface area contributed by atoms with Gasteiger partial charge in [-0.05, 0) is 53.5 Å². The molecule has 2 aromatic carbocycles. The molecular formula is C29H39NO5. The largest absolute Gasteiger partial charge is 0.460 e. The number of rotatable bonds is 8. The van der Waals surface area contributed by atoms with Crippen LogP contribution in [0.1, 0.15) is 67.5 Å². The molecule has 0 saturated carbocycles. The van der Waals surface area contributed by atoms with E-state index in [1.807, 2.05) is 42.5 Å². The van der Waals surface area contributed by atoms with Crippen molar-refractivity contribution in [3.63, 3.8) is 0 Å². The zero-order chi connectivity index (χ0) is 25.2. The first kappa shape index (κ1) is 25.8. The van der Waals surface area contributed by atoms with E-state index in [0.29, 0.717) is 12.3 Å². The van der Waals surface area contributed by atoms with Gasteiger partial charge in [-0.15, -0.1) is 0 Å². The molecule has 2 aliphatic rings. The lowest BCUT2D eigenvalue weighted by Crippen LogP contribution is -2.51. The first-order valence-corrected chi connectivity index (χ1v) is 12.7. The molecule has 1 saturated heterocycles. The SMILES string of the molecule is COC(C)(C(=O)O[C@H]1C[C@@H]2c3cc(CO)c(CO)cc3CCN2C[C@@H]1CC(C)C)c1ccccc1. The molecule has 1 unspecified atom stereocenters. The molecule has 1 fully saturated rings. The van der Waals surface area contributed by atoms with Crippen LogP contribution in [0.5, 0.6) is 0 Å². The predicted octanol–water partition coefficient (Wildman–Crippen LogP) is 4.11. The van der Waals surface area contributed by atoms with E-state index in [1.165, 1.54) is 11.1 Å². The van der Waals surface area contributed by atoms with Crippen LogP contribution in [0.2, 0.25) is 0 Å². The van der Waals surface area contributed by atoms with Gasteiger partial charge >= 0.3 is 5.97 Å². The Morgan fingerprint density at radius 2 is 1.83 bits per heavy atom. The molecule has 6 heteroatoms. The van der Waals surface area contributed by atoms with E-state index >= 15 is 0 Å². The third kappa shape index (κ3) is 5.17. The minimum atomic E-state index is -1.18. The highest BCUT2D eigenvalue weighted by Crippen LogP contribution is 2.42. The summed E-state index contributed by atoms with van der Waals surface area (Å²) in [5.41, 5.74) is 3.55. The highest BCUT2D eigenvalue weighted by molar-refractivity contribution is 5.81. The number of esters is 1. The van der Waals surface area contributed by atoms with Gasteiger partial charge in [0.2, 0.25) is 0 Å². The van der Waals surface area contributed by atoms with Crippen molar-refractivity contribution < 1.29 is 24.5 Å². The predicted molar refractivity (Wildman–Crippen MR) is 135 cm³/mol. The van der Waals surface area contributed by atoms with Crippen LogP contribution in [0.25, 0.3) is 0 Å². The van der Waals surface area contributed by atoms with Crippen LogP contribution in [0.15, 0.2) is 42.5 Å². The van der Waals surface area contributed by atoms with Gasteiger partial charge in [0.05, 0.1) is 13.2 Å². The number of piperidine rings is 1. The average Bonchev–Trinajstić information content (AvgIpc) is 2.87. The number of carbonyl (C=O) groups excluding carboxylic acids is 1. The maximum atomic E-state index is 13.6. The maximum absolute atomic E-state index is 13.6. The molecule has 0 aliphatic carbocycles. The number of aliphatic hydroxyl groups is 2. The third-order valence-corrected chi connectivity index (χ3v) is 7.88. The second-order valence-electron chi connectivity index (χ2n) is 10.6. The van der Waals surface area contributed by atoms with Crippen molar-refractivity contribution in [3.05, 3.63) is 70.3 Å². The van der Waals surface area contributed by atoms with Crippen LogP contribution >= 0.6 is 0 Å². The Labute approximate surface area is 208 Å². The van der Waals surface area contributed by atoms with Crippen molar-refractivity contribution in [3.8, 4) is 0 Å². The summed E-state index contributed by atoms with van der Waals surface area (Å²) in [4.78, 5) is 16.1. The van der Waals surface area contributed by atoms with Crippen molar-refractivity contribution in [2.24, 2.45) is 11.8 Å². The van der Waals surface area contributed by atoms with Gasteiger partial charge in [-0.2, -0.15) is 0 Å². The summed E-state index contributed by atoms with van der Waals surface area (Å²) in [6, 6.07) is 13.7. The summed E-state index contributed by atoms with van der Waals surface area (Å²) < 4.78 is 12.0. The van der Waals surface area contributed by atoms with Crippen molar-refractivity contribution in [2.45, 2.75) is 71.0 Å². The Hall–Kier alpha value is -2.25. The van der Waals surface area contributed by atoms with Crippen LogP contribution in [0.4, 0.5) is 0 Å². The van der Waals surface area contributed by atoms with Crippen molar-refractivity contribution in [1.82, 2.24) is 4.90 Å². The van der Waals surface area contributed by atoms with Gasteiger partial charge in [0.15, 0.2) is 5.60 Å². The quantitative estimate of drug-likeness (QED) is 0.553. The molecule has 0 bridgehead atoms. The molecule has 6 nitrogen and oxygen atoms in total. The Kier molecular flexibility index (Phi) is 7.96. The van der Waals surface area contributed by atoms with E-state index in [1.54, 1.807) is 14.0 Å². The first-order chi connectivity index (χ1) is 16.8. The van der Waals surface area contributed by atoms with Gasteiger partial charge in [-0.1, -0.05) is 56.3 Å². The zero-order valence-corrected chi connectivity index (χ0v) is 21.4. The van der Waals surface area contributed by atoms with Crippen LogP contribution in [0, 0.1) is 11.8 Å². The number of fused-ring (bicyclic) bond motifs is 3. The Bertz CT molecular complexity index is 1020. The lowest BCUT2D eigenvalue weighted by molar-refractivity contribution is -0.182. The number of carbonyl (C=O) groups is 1. The fraction of sp³-hybridized carbons (Fsp3) is 0.552. The molecule has 2 N–H and O–H groups in total. The smallest absolute Gasteiger partial charge is 0.343 e. The molecule has 0 aromatic heterocycles. The van der Waals surface area contributed by atoms with Gasteiger partial charge in [0.25, 0.3) is 0 Å². The Morgan fingerprint density at radius 1 is 1.14 bits per heavy atom. The van der Waals surface area contributed by atoms with E-state index in [-0.39, 0.29) is 37.2 Å². The minimum absolute atomic E-state index is 0.0800. The van der Waals surface area contributed by atoms with Crippen LogP contribution in [0.3, 0.4) is 0 Å². The van der Waals surface area contributed by atoms with Crippen LogP contribution in [-0.4, -0.2) is 47.4 Å². The normalized spacial score (nSPS) is 23.9. The van der Waals surface area contributed by atoms with Gasteiger partial charge in [-0.25, -0.2) is 4.79 Å². The summed E-state index contributed by atoms with van der Waals surface area (Å²) in [6.45, 7) is 7.82. The Morgan fingerprint density at radius 3 is 2.46 bits per heavy atom. The lowest BCUT2D eigenvalue weighted by Gasteiger charge is -2.47. The molecule has 4 atom stereocenters. The summed E-state index contributed by atoms with van der Waals surface area (Å²) in [7, 11) is 1.55. The molecule has 0 radical (unpaired) electrons. The zero-order valence-electron chi connectivity index (χ0n) is 21.4. The Balaban J connectivity index is 1.63. The van der Waals surface area contributed by atoms with E-state index in [2.05, 4.69) is 18.7 Å². The van der Waals surface area contributed by atoms with E-state index in [4.69, 9.17) is 9.47 Å². The highest BCUT2D eigenvalue weighted by Gasteiger charge is 2.44. The number of aliphatic hydroxyl groups excluding tert-OH is 2. The van der Waals surface area contributed by atoms with Crippen LogP contribution in [-0.2, 0) is 39.5 Å². The number of methoxy groups -OCH3 is 1. The fourth-order valence-electron chi connectivity index (χ4n) is 5.82. The molecule has 2 aliphatic heterocycles. The van der Waals surface area contributed by atoms with Crippen molar-refractivity contribution >= 4 is 5.97 Å². The fourth-order valence-corrected chi connectivity index (χ4v) is 5.82. The average molecular weight is 482 g/mol. The van der Waals surface area contributed by atoms with Crippen LogP contribution < -0.4 is 0 Å². The maximum Gasteiger partial charge on any atom is 0.343 e. The highest BCUT2D eigenvalue weighted by atomic mass is 16.6. The molecule has 0 amide bonds. The third-order valence-electron chi connectivity index (χ3n) is 7.88. The number of ether oxygens (including phenoxy) is 2.